The minimum Gasteiger partial charge on any atom is -0.488 e. The van der Waals surface area contributed by atoms with Gasteiger partial charge < -0.3 is 9.15 Å². The van der Waals surface area contributed by atoms with Crippen LogP contribution in [0.4, 0.5) is 4.39 Å². The lowest BCUT2D eigenvalue weighted by Gasteiger charge is -2.19. The molecule has 0 bridgehead atoms. The Morgan fingerprint density at radius 1 is 1.15 bits per heavy atom. The maximum atomic E-state index is 13.2. The van der Waals surface area contributed by atoms with Crippen molar-refractivity contribution in [3.05, 3.63) is 73.8 Å². The molecule has 0 fully saturated rings. The molecule has 0 atom stereocenters. The van der Waals surface area contributed by atoms with Crippen molar-refractivity contribution in [3.63, 3.8) is 0 Å². The van der Waals surface area contributed by atoms with E-state index in [1.165, 1.54) is 12.1 Å². The molecule has 0 aliphatic heterocycles. The van der Waals surface area contributed by atoms with E-state index in [2.05, 4.69) is 0 Å². The molecule has 0 saturated heterocycles. The molecule has 1 aromatic heterocycles. The number of benzene rings is 2. The molecule has 0 N–H and O–H groups in total. The van der Waals surface area contributed by atoms with E-state index in [9.17, 15) is 9.18 Å². The van der Waals surface area contributed by atoms with E-state index in [1.54, 1.807) is 6.07 Å². The van der Waals surface area contributed by atoms with E-state index in [-0.39, 0.29) is 18.0 Å². The normalized spacial score (nSPS) is 13.7. The molecule has 134 valence electrons. The fourth-order valence-corrected chi connectivity index (χ4v) is 3.80. The summed E-state index contributed by atoms with van der Waals surface area (Å²) in [7, 11) is 0. The van der Waals surface area contributed by atoms with Gasteiger partial charge >= 0.3 is 5.63 Å². The number of hydrogen-bond donors (Lipinski definition) is 0. The second-order valence-electron chi connectivity index (χ2n) is 6.71. The highest BCUT2D eigenvalue weighted by molar-refractivity contribution is 6.31. The van der Waals surface area contributed by atoms with Crippen LogP contribution in [0.2, 0.25) is 5.02 Å². The summed E-state index contributed by atoms with van der Waals surface area (Å²) in [5, 5.41) is 1.19. The van der Waals surface area contributed by atoms with Gasteiger partial charge in [0.2, 0.25) is 0 Å². The van der Waals surface area contributed by atoms with Gasteiger partial charge in [-0.15, -0.1) is 0 Å². The van der Waals surface area contributed by atoms with E-state index in [0.717, 1.165) is 47.8 Å². The summed E-state index contributed by atoms with van der Waals surface area (Å²) in [6, 6.07) is 8.05. The van der Waals surface area contributed by atoms with Crippen LogP contribution in [-0.2, 0) is 19.4 Å². The van der Waals surface area contributed by atoms with Crippen LogP contribution in [0.25, 0.3) is 11.0 Å². The molecule has 1 aliphatic rings. The third kappa shape index (κ3) is 3.10. The molecule has 2 aromatic carbocycles. The van der Waals surface area contributed by atoms with Gasteiger partial charge in [-0.2, -0.15) is 0 Å². The first-order valence-corrected chi connectivity index (χ1v) is 9.06. The van der Waals surface area contributed by atoms with Gasteiger partial charge in [0.1, 0.15) is 23.8 Å². The molecule has 0 unspecified atom stereocenters. The number of rotatable bonds is 3. The van der Waals surface area contributed by atoms with E-state index >= 15 is 0 Å². The summed E-state index contributed by atoms with van der Waals surface area (Å²) >= 11 is 6.10. The monoisotopic (exact) mass is 372 g/mol. The minimum atomic E-state index is -0.379. The fraction of sp³-hybridized carbons (Fsp3) is 0.286. The van der Waals surface area contributed by atoms with Crippen LogP contribution in [0.15, 0.2) is 39.5 Å². The van der Waals surface area contributed by atoms with Gasteiger partial charge in [-0.25, -0.2) is 9.18 Å². The van der Waals surface area contributed by atoms with Crippen molar-refractivity contribution in [1.29, 1.82) is 0 Å². The second-order valence-corrected chi connectivity index (χ2v) is 7.12. The maximum Gasteiger partial charge on any atom is 0.339 e. The van der Waals surface area contributed by atoms with Crippen molar-refractivity contribution >= 4 is 22.6 Å². The maximum absolute atomic E-state index is 13.2. The summed E-state index contributed by atoms with van der Waals surface area (Å²) in [6.07, 6.45) is 3.62. The fourth-order valence-electron chi connectivity index (χ4n) is 3.57. The first kappa shape index (κ1) is 17.1. The summed E-state index contributed by atoms with van der Waals surface area (Å²) in [5.41, 5.74) is 3.74. The Morgan fingerprint density at radius 2 is 1.92 bits per heavy atom. The lowest BCUT2D eigenvalue weighted by molar-refractivity contribution is 0.309. The van der Waals surface area contributed by atoms with Gasteiger partial charge in [0.15, 0.2) is 0 Å². The molecular weight excluding hydrogens is 355 g/mol. The van der Waals surface area contributed by atoms with Crippen LogP contribution in [-0.4, -0.2) is 0 Å². The Kier molecular flexibility index (Phi) is 4.45. The summed E-state index contributed by atoms with van der Waals surface area (Å²) in [5.74, 6) is 0.290. The Hall–Kier alpha value is -2.33. The minimum absolute atomic E-state index is 0.214. The molecule has 3 nitrogen and oxygen atoms in total. The predicted molar refractivity (Wildman–Crippen MR) is 99.6 cm³/mol. The predicted octanol–water partition coefficient (Wildman–Crippen LogP) is 5.35. The Bertz CT molecular complexity index is 1060. The van der Waals surface area contributed by atoms with Crippen LogP contribution in [0, 0.1) is 12.7 Å². The molecular formula is C21H18ClFO3. The van der Waals surface area contributed by atoms with Crippen molar-refractivity contribution in [1.82, 2.24) is 0 Å². The van der Waals surface area contributed by atoms with Gasteiger partial charge in [0.25, 0.3) is 0 Å². The van der Waals surface area contributed by atoms with Crippen molar-refractivity contribution < 1.29 is 13.5 Å². The average Bonchev–Trinajstić information content (AvgIpc) is 2.60. The number of halogens is 2. The van der Waals surface area contributed by atoms with E-state index < -0.39 is 0 Å². The molecule has 3 aromatic rings. The quantitative estimate of drug-likeness (QED) is 0.581. The lowest BCUT2D eigenvalue weighted by atomic mass is 9.90. The molecule has 0 amide bonds. The number of fused-ring (bicyclic) bond motifs is 3. The SMILES string of the molecule is Cc1cc(OCc2ccc(F)cc2Cl)c2c3c(c(=O)oc2c1)CCCC3. The summed E-state index contributed by atoms with van der Waals surface area (Å²) in [4.78, 5) is 12.3. The Balaban J connectivity index is 1.80. The molecule has 4 rings (SSSR count). The van der Waals surface area contributed by atoms with Gasteiger partial charge in [-0.1, -0.05) is 17.7 Å². The largest absolute Gasteiger partial charge is 0.488 e. The van der Waals surface area contributed by atoms with E-state index in [1.807, 2.05) is 19.1 Å². The Morgan fingerprint density at radius 3 is 2.69 bits per heavy atom. The highest BCUT2D eigenvalue weighted by Crippen LogP contribution is 2.35. The highest BCUT2D eigenvalue weighted by atomic mass is 35.5. The van der Waals surface area contributed by atoms with Gasteiger partial charge in [0, 0.05) is 11.1 Å². The van der Waals surface area contributed by atoms with Crippen LogP contribution in [0.3, 0.4) is 0 Å². The van der Waals surface area contributed by atoms with Crippen molar-refractivity contribution in [2.24, 2.45) is 0 Å². The van der Waals surface area contributed by atoms with Gasteiger partial charge in [-0.05, 0) is 68.0 Å². The van der Waals surface area contributed by atoms with Gasteiger partial charge in [-0.3, -0.25) is 0 Å². The van der Waals surface area contributed by atoms with Crippen LogP contribution >= 0.6 is 11.6 Å². The summed E-state index contributed by atoms with van der Waals surface area (Å²) in [6.45, 7) is 2.14. The molecule has 0 radical (unpaired) electrons. The first-order chi connectivity index (χ1) is 12.5. The van der Waals surface area contributed by atoms with Gasteiger partial charge in [0.05, 0.1) is 10.4 Å². The number of ether oxygens (including phenoxy) is 1. The smallest absolute Gasteiger partial charge is 0.339 e. The topological polar surface area (TPSA) is 39.4 Å². The molecule has 5 heteroatoms. The first-order valence-electron chi connectivity index (χ1n) is 8.69. The van der Waals surface area contributed by atoms with Crippen LogP contribution in [0.1, 0.15) is 35.1 Å². The lowest BCUT2D eigenvalue weighted by Crippen LogP contribution is -2.16. The number of hydrogen-bond acceptors (Lipinski definition) is 3. The third-order valence-electron chi connectivity index (χ3n) is 4.83. The van der Waals surface area contributed by atoms with Crippen LogP contribution < -0.4 is 10.4 Å². The average molecular weight is 373 g/mol. The molecule has 0 spiro atoms. The van der Waals surface area contributed by atoms with E-state index in [0.29, 0.717) is 21.9 Å². The third-order valence-corrected chi connectivity index (χ3v) is 5.18. The second kappa shape index (κ2) is 6.76. The zero-order chi connectivity index (χ0) is 18.3. The molecule has 1 aliphatic carbocycles. The Labute approximate surface area is 155 Å². The van der Waals surface area contributed by atoms with Crippen LogP contribution in [0.5, 0.6) is 5.75 Å². The molecule has 26 heavy (non-hydrogen) atoms. The molecule has 0 saturated carbocycles. The van der Waals surface area contributed by atoms with Crippen molar-refractivity contribution in [3.8, 4) is 5.75 Å². The van der Waals surface area contributed by atoms with Crippen molar-refractivity contribution in [2.45, 2.75) is 39.2 Å². The standard InChI is InChI=1S/C21H18ClFO3/c1-12-8-18(25-11-13-6-7-14(23)10-17(13)22)20-15-4-2-3-5-16(15)21(24)26-19(20)9-12/h6-10H,2-5,11H2,1H3. The zero-order valence-corrected chi connectivity index (χ0v) is 15.2. The number of aryl methyl sites for hydroxylation is 2. The summed E-state index contributed by atoms with van der Waals surface area (Å²) < 4.78 is 24.8. The molecule has 1 heterocycles. The highest BCUT2D eigenvalue weighted by Gasteiger charge is 2.21. The van der Waals surface area contributed by atoms with Crippen molar-refractivity contribution in [2.75, 3.05) is 0 Å². The zero-order valence-electron chi connectivity index (χ0n) is 14.4. The van der Waals surface area contributed by atoms with E-state index in [4.69, 9.17) is 20.8 Å².